The van der Waals surface area contributed by atoms with Crippen molar-refractivity contribution in [3.8, 4) is 0 Å². The summed E-state index contributed by atoms with van der Waals surface area (Å²) in [6.45, 7) is 2.29. The molecule has 2 N–H and O–H groups in total. The molecule has 0 aliphatic carbocycles. The third-order valence-electron chi connectivity index (χ3n) is 1.55. The maximum Gasteiger partial charge on any atom is 0.0598 e. The lowest BCUT2D eigenvalue weighted by Crippen LogP contribution is -2.11. The summed E-state index contributed by atoms with van der Waals surface area (Å²) >= 11 is 0. The molecule has 0 radical (unpaired) electrons. The van der Waals surface area contributed by atoms with Gasteiger partial charge in [0, 0.05) is 6.61 Å². The second-order valence-electron chi connectivity index (χ2n) is 2.72. The zero-order valence-electron chi connectivity index (χ0n) is 7.21. The van der Waals surface area contributed by atoms with Crippen LogP contribution in [-0.2, 0) is 0 Å². The second-order valence-corrected chi connectivity index (χ2v) is 4.13. The first-order valence-electron chi connectivity index (χ1n) is 4.31. The first kappa shape index (κ1) is 11.4. The Balaban J connectivity index is 2.97. The third-order valence-corrected chi connectivity index (χ3v) is 3.02. The van der Waals surface area contributed by atoms with E-state index in [1.807, 2.05) is 0 Å². The highest BCUT2D eigenvalue weighted by atomic mass is 31.1. The summed E-state index contributed by atoms with van der Waals surface area (Å²) in [5, 5.41) is 17.7. The molecule has 0 bridgehead atoms. The van der Waals surface area contributed by atoms with Gasteiger partial charge >= 0.3 is 0 Å². The van der Waals surface area contributed by atoms with Crippen LogP contribution in [0, 0.1) is 0 Å². The maximum atomic E-state index is 9.20. The van der Waals surface area contributed by atoms with Gasteiger partial charge in [-0.3, -0.25) is 0 Å². The molecule has 0 saturated carbocycles. The molecular formula is C8H19O2P. The molecular weight excluding hydrogens is 159 g/mol. The van der Waals surface area contributed by atoms with Crippen molar-refractivity contribution in [3.05, 3.63) is 0 Å². The lowest BCUT2D eigenvalue weighted by Gasteiger charge is -2.07. The molecule has 0 fully saturated rings. The quantitative estimate of drug-likeness (QED) is 0.454. The predicted molar refractivity (Wildman–Crippen MR) is 50.7 cm³/mol. The fourth-order valence-electron chi connectivity index (χ4n) is 0.822. The Kier molecular flexibility index (Phi) is 8.72. The highest BCUT2D eigenvalue weighted by molar-refractivity contribution is 7.38. The van der Waals surface area contributed by atoms with Gasteiger partial charge in [0.25, 0.3) is 0 Å². The van der Waals surface area contributed by atoms with Gasteiger partial charge < -0.3 is 10.2 Å². The molecule has 0 aromatic carbocycles. The van der Waals surface area contributed by atoms with E-state index in [9.17, 15) is 5.11 Å². The van der Waals surface area contributed by atoms with Crippen molar-refractivity contribution in [1.82, 2.24) is 0 Å². The fourth-order valence-corrected chi connectivity index (χ4v) is 2.17. The average molecular weight is 178 g/mol. The summed E-state index contributed by atoms with van der Waals surface area (Å²) in [5.74, 6) is 0. The van der Waals surface area contributed by atoms with Gasteiger partial charge in [-0.05, 0) is 25.2 Å². The van der Waals surface area contributed by atoms with Crippen molar-refractivity contribution >= 4 is 8.58 Å². The van der Waals surface area contributed by atoms with Gasteiger partial charge in [-0.25, -0.2) is 0 Å². The van der Waals surface area contributed by atoms with E-state index in [4.69, 9.17) is 5.11 Å². The van der Waals surface area contributed by atoms with Crippen molar-refractivity contribution in [2.75, 3.05) is 18.9 Å². The standard InChI is InChI=1S/C8H19O2P/c1-2-3-6-11-7-8(10)4-5-9/h8-11H,2-7H2,1H3. The molecule has 0 aliphatic rings. The lowest BCUT2D eigenvalue weighted by molar-refractivity contribution is 0.152. The van der Waals surface area contributed by atoms with Crippen molar-refractivity contribution < 1.29 is 10.2 Å². The molecule has 2 atom stereocenters. The molecule has 11 heavy (non-hydrogen) atoms. The van der Waals surface area contributed by atoms with E-state index in [0.717, 1.165) is 14.7 Å². The van der Waals surface area contributed by atoms with Crippen LogP contribution in [0.25, 0.3) is 0 Å². The van der Waals surface area contributed by atoms with Gasteiger partial charge in [-0.2, -0.15) is 0 Å². The Morgan fingerprint density at radius 1 is 1.45 bits per heavy atom. The molecule has 2 nitrogen and oxygen atoms in total. The zero-order valence-corrected chi connectivity index (χ0v) is 8.21. The minimum absolute atomic E-state index is 0.111. The molecule has 2 unspecified atom stereocenters. The highest BCUT2D eigenvalue weighted by Gasteiger charge is 2.01. The van der Waals surface area contributed by atoms with Crippen molar-refractivity contribution in [1.29, 1.82) is 0 Å². The number of rotatable bonds is 7. The van der Waals surface area contributed by atoms with Crippen LogP contribution in [0.2, 0.25) is 0 Å². The molecule has 0 aromatic heterocycles. The zero-order chi connectivity index (χ0) is 8.53. The van der Waals surface area contributed by atoms with Gasteiger partial charge in [0.2, 0.25) is 0 Å². The smallest absolute Gasteiger partial charge is 0.0598 e. The minimum atomic E-state index is -0.268. The Labute approximate surface area is 70.8 Å². The lowest BCUT2D eigenvalue weighted by atomic mass is 10.3. The minimum Gasteiger partial charge on any atom is -0.396 e. The monoisotopic (exact) mass is 178 g/mol. The summed E-state index contributed by atoms with van der Waals surface area (Å²) in [5.41, 5.74) is 0. The highest BCUT2D eigenvalue weighted by Crippen LogP contribution is 2.14. The summed E-state index contributed by atoms with van der Waals surface area (Å²) in [7, 11) is 0.868. The largest absolute Gasteiger partial charge is 0.396 e. The molecule has 0 saturated heterocycles. The molecule has 68 valence electrons. The number of aliphatic hydroxyl groups excluding tert-OH is 2. The second kappa shape index (κ2) is 8.45. The molecule has 3 heteroatoms. The Morgan fingerprint density at radius 3 is 2.73 bits per heavy atom. The van der Waals surface area contributed by atoms with Crippen molar-refractivity contribution in [3.63, 3.8) is 0 Å². The van der Waals surface area contributed by atoms with Crippen LogP contribution < -0.4 is 0 Å². The first-order valence-corrected chi connectivity index (χ1v) is 5.72. The van der Waals surface area contributed by atoms with Gasteiger partial charge in [-0.15, -0.1) is 8.58 Å². The normalized spacial score (nSPS) is 14.5. The maximum absolute atomic E-state index is 9.20. The van der Waals surface area contributed by atoms with Gasteiger partial charge in [0.1, 0.15) is 0 Å². The topological polar surface area (TPSA) is 40.5 Å². The molecule has 0 aromatic rings. The number of hydrogen-bond donors (Lipinski definition) is 2. The molecule has 0 heterocycles. The van der Waals surface area contributed by atoms with Crippen LogP contribution in [-0.4, -0.2) is 35.2 Å². The average Bonchev–Trinajstić information content (AvgIpc) is 1.99. The van der Waals surface area contributed by atoms with Crippen molar-refractivity contribution in [2.45, 2.75) is 32.3 Å². The number of aliphatic hydroxyl groups is 2. The Morgan fingerprint density at radius 2 is 2.18 bits per heavy atom. The molecule has 0 amide bonds. The van der Waals surface area contributed by atoms with E-state index >= 15 is 0 Å². The summed E-state index contributed by atoms with van der Waals surface area (Å²) < 4.78 is 0. The van der Waals surface area contributed by atoms with Crippen LogP contribution in [0.4, 0.5) is 0 Å². The summed E-state index contributed by atoms with van der Waals surface area (Å²) in [6.07, 6.45) is 4.89. The predicted octanol–water partition coefficient (Wildman–Crippen LogP) is 1.21. The van der Waals surface area contributed by atoms with E-state index in [1.165, 1.54) is 19.0 Å². The van der Waals surface area contributed by atoms with Gasteiger partial charge in [0.15, 0.2) is 0 Å². The molecule has 0 aliphatic heterocycles. The van der Waals surface area contributed by atoms with Crippen LogP contribution in [0.1, 0.15) is 26.2 Å². The molecule has 0 rings (SSSR count). The van der Waals surface area contributed by atoms with E-state index < -0.39 is 0 Å². The van der Waals surface area contributed by atoms with E-state index in [1.54, 1.807) is 0 Å². The third kappa shape index (κ3) is 8.25. The summed E-state index contributed by atoms with van der Waals surface area (Å²) in [6, 6.07) is 0. The molecule has 0 spiro atoms. The number of hydrogen-bond acceptors (Lipinski definition) is 2. The summed E-state index contributed by atoms with van der Waals surface area (Å²) in [4.78, 5) is 0. The SMILES string of the molecule is CCCCPCC(O)CCO. The van der Waals surface area contributed by atoms with Crippen LogP contribution in [0.3, 0.4) is 0 Å². The van der Waals surface area contributed by atoms with E-state index in [0.29, 0.717) is 6.42 Å². The Hall–Kier alpha value is 0.350. The van der Waals surface area contributed by atoms with Gasteiger partial charge in [0.05, 0.1) is 6.10 Å². The van der Waals surface area contributed by atoms with Crippen molar-refractivity contribution in [2.24, 2.45) is 0 Å². The fraction of sp³-hybridized carbons (Fsp3) is 1.00. The van der Waals surface area contributed by atoms with E-state index in [2.05, 4.69) is 6.92 Å². The number of unbranched alkanes of at least 4 members (excludes halogenated alkanes) is 1. The Bertz CT molecular complexity index is 78.5. The van der Waals surface area contributed by atoms with Crippen LogP contribution in [0.5, 0.6) is 0 Å². The van der Waals surface area contributed by atoms with E-state index in [-0.39, 0.29) is 12.7 Å². The van der Waals surface area contributed by atoms with Crippen LogP contribution in [0.15, 0.2) is 0 Å². The first-order chi connectivity index (χ1) is 5.31. The van der Waals surface area contributed by atoms with Crippen LogP contribution >= 0.6 is 8.58 Å². The van der Waals surface area contributed by atoms with Gasteiger partial charge in [-0.1, -0.05) is 13.3 Å².